The lowest BCUT2D eigenvalue weighted by atomic mass is 9.94. The molecule has 21 heavy (non-hydrogen) atoms. The Balaban J connectivity index is 1.92. The van der Waals surface area contributed by atoms with Gasteiger partial charge in [-0.25, -0.2) is 4.98 Å². The number of nitrogens with zero attached hydrogens (tertiary/aromatic N) is 1. The molecule has 1 aliphatic rings. The molecule has 0 fully saturated rings. The van der Waals surface area contributed by atoms with Gasteiger partial charge in [0.15, 0.2) is 0 Å². The molecule has 1 unspecified atom stereocenters. The summed E-state index contributed by atoms with van der Waals surface area (Å²) in [7, 11) is 0. The van der Waals surface area contributed by atoms with Gasteiger partial charge in [-0.3, -0.25) is 0 Å². The molecule has 2 heterocycles. The van der Waals surface area contributed by atoms with E-state index in [-0.39, 0.29) is 0 Å². The number of aryl methyl sites for hydroxylation is 1. The second-order valence-corrected chi connectivity index (χ2v) is 6.40. The molecule has 3 rings (SSSR count). The van der Waals surface area contributed by atoms with Gasteiger partial charge in [0.25, 0.3) is 0 Å². The van der Waals surface area contributed by atoms with E-state index in [4.69, 9.17) is 9.72 Å². The lowest BCUT2D eigenvalue weighted by Crippen LogP contribution is -2.14. The lowest BCUT2D eigenvalue weighted by Gasteiger charge is -2.24. The summed E-state index contributed by atoms with van der Waals surface area (Å²) in [6.07, 6.45) is 2.02. The number of thiazole rings is 1. The fraction of sp³-hybridized carbons (Fsp3) is 0.471. The number of ether oxygens (including phenoxy) is 1. The van der Waals surface area contributed by atoms with E-state index in [1.54, 1.807) is 0 Å². The van der Waals surface area contributed by atoms with Crippen molar-refractivity contribution in [1.29, 1.82) is 0 Å². The second kappa shape index (κ2) is 6.58. The fourth-order valence-electron chi connectivity index (χ4n) is 2.80. The normalized spacial score (nSPS) is 17.3. The monoisotopic (exact) mass is 302 g/mol. The molecular weight excluding hydrogens is 280 g/mol. The van der Waals surface area contributed by atoms with Gasteiger partial charge in [-0.2, -0.15) is 0 Å². The molecule has 0 saturated carbocycles. The van der Waals surface area contributed by atoms with Gasteiger partial charge in [0, 0.05) is 22.9 Å². The van der Waals surface area contributed by atoms with Crippen molar-refractivity contribution < 1.29 is 4.74 Å². The highest BCUT2D eigenvalue weighted by Crippen LogP contribution is 2.40. The number of hydrogen-bond donors (Lipinski definition) is 1. The topological polar surface area (TPSA) is 34.1 Å². The molecule has 0 spiro atoms. The molecular formula is C17H22N2OS. The highest BCUT2D eigenvalue weighted by molar-refractivity contribution is 7.11. The van der Waals surface area contributed by atoms with Crippen LogP contribution in [0.2, 0.25) is 0 Å². The van der Waals surface area contributed by atoms with E-state index in [1.165, 1.54) is 21.1 Å². The Morgan fingerprint density at radius 1 is 1.33 bits per heavy atom. The summed E-state index contributed by atoms with van der Waals surface area (Å²) in [5.74, 6) is 1.41. The Morgan fingerprint density at radius 2 is 2.19 bits per heavy atom. The predicted molar refractivity (Wildman–Crippen MR) is 87.3 cm³/mol. The Labute approximate surface area is 130 Å². The fourth-order valence-corrected chi connectivity index (χ4v) is 4.08. The average molecular weight is 302 g/mol. The first kappa shape index (κ1) is 14.5. The van der Waals surface area contributed by atoms with E-state index in [2.05, 4.69) is 37.4 Å². The van der Waals surface area contributed by atoms with Crippen molar-refractivity contribution in [2.45, 2.75) is 39.2 Å². The highest BCUT2D eigenvalue weighted by Gasteiger charge is 2.26. The van der Waals surface area contributed by atoms with E-state index in [0.29, 0.717) is 5.92 Å². The van der Waals surface area contributed by atoms with Crippen LogP contribution in [0.15, 0.2) is 24.3 Å². The second-order valence-electron chi connectivity index (χ2n) is 5.28. The number of fused-ring (bicyclic) bond motifs is 1. The molecule has 1 aromatic heterocycles. The predicted octanol–water partition coefficient (Wildman–Crippen LogP) is 3.73. The van der Waals surface area contributed by atoms with Crippen molar-refractivity contribution in [2.75, 3.05) is 13.2 Å². The Bertz CT molecular complexity index is 609. The van der Waals surface area contributed by atoms with E-state index in [0.717, 1.165) is 38.3 Å². The molecule has 4 heteroatoms. The van der Waals surface area contributed by atoms with Crippen LogP contribution in [0.5, 0.6) is 5.75 Å². The van der Waals surface area contributed by atoms with E-state index >= 15 is 0 Å². The molecule has 0 radical (unpaired) electrons. The van der Waals surface area contributed by atoms with Crippen LogP contribution in [0.3, 0.4) is 0 Å². The van der Waals surface area contributed by atoms with Crippen molar-refractivity contribution in [1.82, 2.24) is 10.3 Å². The minimum absolute atomic E-state index is 0.389. The van der Waals surface area contributed by atoms with Crippen LogP contribution in [0.25, 0.3) is 0 Å². The smallest absolute Gasteiger partial charge is 0.123 e. The standard InChI is InChI=1S/C17H22N2OS/c1-3-14-16(11-18-4-2)21-17(19-14)13-9-10-20-15-8-6-5-7-12(13)15/h5-8,13,18H,3-4,9-11H2,1-2H3. The maximum Gasteiger partial charge on any atom is 0.123 e. The third-order valence-corrected chi connectivity index (χ3v) is 5.13. The maximum absolute atomic E-state index is 5.77. The number of nitrogens with one attached hydrogen (secondary N) is 1. The zero-order valence-electron chi connectivity index (χ0n) is 12.7. The SMILES string of the molecule is CCNCc1sc(C2CCOc3ccccc32)nc1CC. The molecule has 112 valence electrons. The van der Waals surface area contributed by atoms with Crippen molar-refractivity contribution >= 4 is 11.3 Å². The van der Waals surface area contributed by atoms with Gasteiger partial charge < -0.3 is 10.1 Å². The molecule has 0 bridgehead atoms. The van der Waals surface area contributed by atoms with Crippen LogP contribution < -0.4 is 10.1 Å². The first-order chi connectivity index (χ1) is 10.3. The summed E-state index contributed by atoms with van der Waals surface area (Å²) < 4.78 is 5.77. The lowest BCUT2D eigenvalue weighted by molar-refractivity contribution is 0.277. The Kier molecular flexibility index (Phi) is 4.56. The largest absolute Gasteiger partial charge is 0.493 e. The average Bonchev–Trinajstić information content (AvgIpc) is 2.95. The highest BCUT2D eigenvalue weighted by atomic mass is 32.1. The molecule has 1 aromatic carbocycles. The molecule has 3 nitrogen and oxygen atoms in total. The van der Waals surface area contributed by atoms with Crippen molar-refractivity contribution in [3.05, 3.63) is 45.4 Å². The molecule has 0 saturated heterocycles. The number of aromatic nitrogens is 1. The maximum atomic E-state index is 5.77. The van der Waals surface area contributed by atoms with E-state index in [1.807, 2.05) is 17.4 Å². The summed E-state index contributed by atoms with van der Waals surface area (Å²) in [6.45, 7) is 7.04. The van der Waals surface area contributed by atoms with Gasteiger partial charge in [0.2, 0.25) is 0 Å². The van der Waals surface area contributed by atoms with Gasteiger partial charge in [0.1, 0.15) is 10.8 Å². The van der Waals surface area contributed by atoms with Crippen molar-refractivity contribution in [3.8, 4) is 5.75 Å². The van der Waals surface area contributed by atoms with Gasteiger partial charge in [-0.1, -0.05) is 32.0 Å². The van der Waals surface area contributed by atoms with Crippen LogP contribution in [0.4, 0.5) is 0 Å². The molecule has 0 aliphatic carbocycles. The van der Waals surface area contributed by atoms with Crippen molar-refractivity contribution in [3.63, 3.8) is 0 Å². The van der Waals surface area contributed by atoms with Crippen LogP contribution in [-0.2, 0) is 13.0 Å². The first-order valence-corrected chi connectivity index (χ1v) is 8.56. The quantitative estimate of drug-likeness (QED) is 0.914. The van der Waals surface area contributed by atoms with Gasteiger partial charge >= 0.3 is 0 Å². The minimum atomic E-state index is 0.389. The molecule has 1 atom stereocenters. The van der Waals surface area contributed by atoms with Crippen LogP contribution in [0.1, 0.15) is 47.3 Å². The number of benzene rings is 1. The summed E-state index contributed by atoms with van der Waals surface area (Å²) in [6, 6.07) is 8.37. The summed E-state index contributed by atoms with van der Waals surface area (Å²) in [4.78, 5) is 6.31. The Hall–Kier alpha value is -1.39. The summed E-state index contributed by atoms with van der Waals surface area (Å²) in [5, 5.41) is 4.67. The van der Waals surface area contributed by atoms with Crippen molar-refractivity contribution in [2.24, 2.45) is 0 Å². The third kappa shape index (κ3) is 2.97. The zero-order valence-corrected chi connectivity index (χ0v) is 13.5. The van der Waals surface area contributed by atoms with Gasteiger partial charge in [-0.15, -0.1) is 11.3 Å². The van der Waals surface area contributed by atoms with Gasteiger partial charge in [-0.05, 0) is 25.5 Å². The third-order valence-electron chi connectivity index (χ3n) is 3.92. The molecule has 1 aliphatic heterocycles. The van der Waals surface area contributed by atoms with E-state index < -0.39 is 0 Å². The number of rotatable bonds is 5. The van der Waals surface area contributed by atoms with Gasteiger partial charge in [0.05, 0.1) is 12.3 Å². The molecule has 1 N–H and O–H groups in total. The van der Waals surface area contributed by atoms with Crippen LogP contribution in [-0.4, -0.2) is 18.1 Å². The Morgan fingerprint density at radius 3 is 3.00 bits per heavy atom. The number of para-hydroxylation sites is 1. The summed E-state index contributed by atoms with van der Waals surface area (Å²) in [5.41, 5.74) is 2.54. The zero-order chi connectivity index (χ0) is 14.7. The number of hydrogen-bond acceptors (Lipinski definition) is 4. The summed E-state index contributed by atoms with van der Waals surface area (Å²) >= 11 is 1.86. The van der Waals surface area contributed by atoms with Crippen LogP contribution in [0, 0.1) is 0 Å². The van der Waals surface area contributed by atoms with E-state index in [9.17, 15) is 0 Å². The van der Waals surface area contributed by atoms with Crippen LogP contribution >= 0.6 is 11.3 Å². The first-order valence-electron chi connectivity index (χ1n) is 7.74. The molecule has 0 amide bonds. The molecule has 2 aromatic rings. The minimum Gasteiger partial charge on any atom is -0.493 e.